The van der Waals surface area contributed by atoms with Gasteiger partial charge in [0.2, 0.25) is 0 Å². The molecular weight excluding hydrogens is 463 g/mol. The van der Waals surface area contributed by atoms with Gasteiger partial charge in [-0.25, -0.2) is 18.7 Å². The molecule has 4 aromatic rings. The van der Waals surface area contributed by atoms with Gasteiger partial charge in [0, 0.05) is 17.2 Å². The van der Waals surface area contributed by atoms with Crippen molar-refractivity contribution >= 4 is 28.5 Å². The molecule has 34 heavy (non-hydrogen) atoms. The summed E-state index contributed by atoms with van der Waals surface area (Å²) in [5.74, 6) is -0.708. The average Bonchev–Trinajstić information content (AvgIpc) is 3.49. The number of halogens is 2. The minimum Gasteiger partial charge on any atom is -0.376 e. The number of Topliss-reactive ketones (excluding diaryl/α,β-unsaturated/α-hetero) is 1. The summed E-state index contributed by atoms with van der Waals surface area (Å²) in [6.07, 6.45) is 2.67. The zero-order valence-electron chi connectivity index (χ0n) is 18.0. The van der Waals surface area contributed by atoms with Gasteiger partial charge >= 0.3 is 5.69 Å². The molecule has 2 aromatic carbocycles. The SMILES string of the molecule is O=C(Cn1cnc2c1c(=O)n(CC1CCCO1)c(=O)n2-c1ccc(F)cc1)c1ccc(Cl)cc1. The van der Waals surface area contributed by atoms with Crippen LogP contribution >= 0.6 is 11.6 Å². The van der Waals surface area contributed by atoms with E-state index in [1.165, 1.54) is 39.7 Å². The molecule has 1 saturated heterocycles. The maximum atomic E-state index is 13.5. The predicted molar refractivity (Wildman–Crippen MR) is 124 cm³/mol. The van der Waals surface area contributed by atoms with Gasteiger partial charge in [0.25, 0.3) is 5.56 Å². The fraction of sp³-hybridized carbons (Fsp3) is 0.250. The third kappa shape index (κ3) is 4.08. The summed E-state index contributed by atoms with van der Waals surface area (Å²) in [4.78, 5) is 44.0. The average molecular weight is 483 g/mol. The van der Waals surface area contributed by atoms with Crippen molar-refractivity contribution in [3.05, 3.63) is 92.1 Å². The molecule has 5 rings (SSSR count). The number of hydrogen-bond acceptors (Lipinski definition) is 5. The number of ether oxygens (including phenoxy) is 1. The number of fused-ring (bicyclic) bond motifs is 1. The first-order valence-corrected chi connectivity index (χ1v) is 11.2. The maximum Gasteiger partial charge on any atom is 0.337 e. The van der Waals surface area contributed by atoms with Gasteiger partial charge in [-0.1, -0.05) is 11.6 Å². The summed E-state index contributed by atoms with van der Waals surface area (Å²) in [6, 6.07) is 11.8. The molecule has 10 heteroatoms. The van der Waals surface area contributed by atoms with E-state index >= 15 is 0 Å². The fourth-order valence-corrected chi connectivity index (χ4v) is 4.28. The lowest BCUT2D eigenvalue weighted by Crippen LogP contribution is -2.42. The Morgan fingerprint density at radius 3 is 2.53 bits per heavy atom. The van der Waals surface area contributed by atoms with Gasteiger partial charge in [-0.3, -0.25) is 14.2 Å². The number of imidazole rings is 1. The Labute approximate surface area is 197 Å². The Bertz CT molecular complexity index is 1480. The summed E-state index contributed by atoms with van der Waals surface area (Å²) in [5.41, 5.74) is -0.188. The van der Waals surface area contributed by atoms with Crippen molar-refractivity contribution in [3.8, 4) is 5.69 Å². The number of rotatable bonds is 6. The summed E-state index contributed by atoms with van der Waals surface area (Å²) in [7, 11) is 0. The van der Waals surface area contributed by atoms with Crippen LogP contribution in [0.15, 0.2) is 64.4 Å². The lowest BCUT2D eigenvalue weighted by Gasteiger charge is -2.15. The molecular formula is C24H20ClFN4O4. The van der Waals surface area contributed by atoms with E-state index in [4.69, 9.17) is 16.3 Å². The molecule has 1 aliphatic heterocycles. The second kappa shape index (κ2) is 9.00. The number of hydrogen-bond donors (Lipinski definition) is 0. The van der Waals surface area contributed by atoms with E-state index in [0.29, 0.717) is 22.9 Å². The normalized spacial score (nSPS) is 15.8. The Morgan fingerprint density at radius 1 is 1.12 bits per heavy atom. The zero-order valence-corrected chi connectivity index (χ0v) is 18.7. The van der Waals surface area contributed by atoms with Gasteiger partial charge < -0.3 is 9.30 Å². The topological polar surface area (TPSA) is 88.1 Å². The highest BCUT2D eigenvalue weighted by Gasteiger charge is 2.24. The van der Waals surface area contributed by atoms with E-state index in [2.05, 4.69) is 4.98 Å². The minimum absolute atomic E-state index is 0.0745. The number of benzene rings is 2. The molecule has 0 saturated carbocycles. The lowest BCUT2D eigenvalue weighted by molar-refractivity contribution is 0.0947. The van der Waals surface area contributed by atoms with E-state index in [0.717, 1.165) is 17.4 Å². The predicted octanol–water partition coefficient (Wildman–Crippen LogP) is 3.20. The van der Waals surface area contributed by atoms with Crippen molar-refractivity contribution in [2.75, 3.05) is 6.61 Å². The van der Waals surface area contributed by atoms with Crippen molar-refractivity contribution in [2.45, 2.75) is 32.0 Å². The van der Waals surface area contributed by atoms with Crippen molar-refractivity contribution in [1.29, 1.82) is 0 Å². The van der Waals surface area contributed by atoms with Crippen LogP contribution in [-0.2, 0) is 17.8 Å². The van der Waals surface area contributed by atoms with Crippen LogP contribution in [0.2, 0.25) is 5.02 Å². The monoisotopic (exact) mass is 482 g/mol. The van der Waals surface area contributed by atoms with Crippen LogP contribution in [0.1, 0.15) is 23.2 Å². The van der Waals surface area contributed by atoms with Gasteiger partial charge in [0.05, 0.1) is 31.2 Å². The molecule has 0 radical (unpaired) electrons. The summed E-state index contributed by atoms with van der Waals surface area (Å²) in [6.45, 7) is 0.487. The zero-order chi connectivity index (χ0) is 23.8. The smallest absolute Gasteiger partial charge is 0.337 e. The van der Waals surface area contributed by atoms with Gasteiger partial charge in [0.15, 0.2) is 16.9 Å². The summed E-state index contributed by atoms with van der Waals surface area (Å²) >= 11 is 5.91. The van der Waals surface area contributed by atoms with Crippen LogP contribution in [0.3, 0.4) is 0 Å². The number of carbonyl (C=O) groups excluding carboxylic acids is 1. The Balaban J connectivity index is 1.66. The summed E-state index contributed by atoms with van der Waals surface area (Å²) in [5, 5.41) is 0.505. The molecule has 1 fully saturated rings. The molecule has 0 bridgehead atoms. The van der Waals surface area contributed by atoms with Crippen LogP contribution in [0, 0.1) is 5.82 Å². The van der Waals surface area contributed by atoms with Crippen molar-refractivity contribution in [1.82, 2.24) is 18.7 Å². The molecule has 174 valence electrons. The van der Waals surface area contributed by atoms with Crippen LogP contribution in [-0.4, -0.2) is 37.2 Å². The van der Waals surface area contributed by atoms with Crippen molar-refractivity contribution in [2.24, 2.45) is 0 Å². The molecule has 1 atom stereocenters. The molecule has 1 aliphatic rings. The number of nitrogens with zero attached hydrogens (tertiary/aromatic N) is 4. The van der Waals surface area contributed by atoms with E-state index in [-0.39, 0.29) is 36.1 Å². The molecule has 2 aromatic heterocycles. The molecule has 0 spiro atoms. The number of ketones is 1. The second-order valence-electron chi connectivity index (χ2n) is 8.12. The highest BCUT2D eigenvalue weighted by Crippen LogP contribution is 2.17. The van der Waals surface area contributed by atoms with Gasteiger partial charge in [0.1, 0.15) is 5.82 Å². The molecule has 3 heterocycles. The van der Waals surface area contributed by atoms with Gasteiger partial charge in [-0.15, -0.1) is 0 Å². The molecule has 8 nitrogen and oxygen atoms in total. The van der Waals surface area contributed by atoms with Gasteiger partial charge in [-0.2, -0.15) is 0 Å². The number of aromatic nitrogens is 4. The Kier molecular flexibility index (Phi) is 5.89. The van der Waals surface area contributed by atoms with Crippen molar-refractivity contribution in [3.63, 3.8) is 0 Å². The standard InChI is InChI=1S/C24H20ClFN4O4/c25-16-5-3-15(4-6-16)20(31)13-28-14-27-22-21(28)23(32)29(12-19-2-1-11-34-19)24(33)30(22)18-9-7-17(26)8-10-18/h3-10,14,19H,1-2,11-13H2. The van der Waals surface area contributed by atoms with E-state index in [1.807, 2.05) is 0 Å². The first kappa shape index (κ1) is 22.2. The Morgan fingerprint density at radius 2 is 1.85 bits per heavy atom. The van der Waals surface area contributed by atoms with Crippen LogP contribution < -0.4 is 11.2 Å². The summed E-state index contributed by atoms with van der Waals surface area (Å²) < 4.78 is 23.0. The second-order valence-corrected chi connectivity index (χ2v) is 8.56. The highest BCUT2D eigenvalue weighted by atomic mass is 35.5. The van der Waals surface area contributed by atoms with Crippen LogP contribution in [0.25, 0.3) is 16.9 Å². The van der Waals surface area contributed by atoms with E-state index in [1.54, 1.807) is 24.3 Å². The Hall–Kier alpha value is -3.56. The fourth-order valence-electron chi connectivity index (χ4n) is 4.16. The van der Waals surface area contributed by atoms with Gasteiger partial charge in [-0.05, 0) is 61.4 Å². The molecule has 0 aliphatic carbocycles. The van der Waals surface area contributed by atoms with Crippen LogP contribution in [0.5, 0.6) is 0 Å². The van der Waals surface area contributed by atoms with E-state index < -0.39 is 17.1 Å². The first-order chi connectivity index (χ1) is 16.4. The third-order valence-electron chi connectivity index (χ3n) is 5.88. The van der Waals surface area contributed by atoms with E-state index in [9.17, 15) is 18.8 Å². The maximum absolute atomic E-state index is 13.5. The van der Waals surface area contributed by atoms with Crippen LogP contribution in [0.4, 0.5) is 4.39 Å². The third-order valence-corrected chi connectivity index (χ3v) is 6.13. The lowest BCUT2D eigenvalue weighted by atomic mass is 10.1. The molecule has 0 amide bonds. The first-order valence-electron chi connectivity index (χ1n) is 10.8. The highest BCUT2D eigenvalue weighted by molar-refractivity contribution is 6.30. The minimum atomic E-state index is -0.603. The molecule has 1 unspecified atom stereocenters. The quantitative estimate of drug-likeness (QED) is 0.394. The number of carbonyl (C=O) groups is 1. The van der Waals surface area contributed by atoms with Crippen molar-refractivity contribution < 1.29 is 13.9 Å². The largest absolute Gasteiger partial charge is 0.376 e. The molecule has 0 N–H and O–H groups in total.